The second kappa shape index (κ2) is 15.2. The Labute approximate surface area is 189 Å². The quantitative estimate of drug-likeness (QED) is 0.541. The van der Waals surface area contributed by atoms with Gasteiger partial charge in [-0.3, -0.25) is 9.59 Å². The van der Waals surface area contributed by atoms with Gasteiger partial charge in [-0.2, -0.15) is 0 Å². The van der Waals surface area contributed by atoms with Crippen molar-refractivity contribution in [3.63, 3.8) is 0 Å². The van der Waals surface area contributed by atoms with E-state index in [0.717, 1.165) is 0 Å². The fraction of sp³-hybridized carbons (Fsp3) is 0.481. The molecule has 0 aromatic heterocycles. The molecule has 1 amide bonds. The van der Waals surface area contributed by atoms with Crippen LogP contribution in [0, 0.1) is 18.3 Å². The van der Waals surface area contributed by atoms with E-state index in [4.69, 9.17) is 4.74 Å². The second-order valence-corrected chi connectivity index (χ2v) is 8.18. The average Bonchev–Trinajstić information content (AvgIpc) is 2.76. The Kier molecular flexibility index (Phi) is 13.9. The molecular formula is C27H41NO3. The number of esters is 1. The Morgan fingerprint density at radius 1 is 0.935 bits per heavy atom. The Balaban J connectivity index is 0.000000544. The molecular weight excluding hydrogens is 386 g/mol. The SMILES string of the molecule is CC.CCOC(=O)[C@H](C)CCNC(=O)C(C)(C)C.Cc1ccc(-c2ccccc2)cc1. The predicted molar refractivity (Wildman–Crippen MR) is 131 cm³/mol. The smallest absolute Gasteiger partial charge is 0.308 e. The molecule has 0 unspecified atom stereocenters. The largest absolute Gasteiger partial charge is 0.466 e. The van der Waals surface area contributed by atoms with Crippen molar-refractivity contribution in [1.29, 1.82) is 0 Å². The van der Waals surface area contributed by atoms with Crippen molar-refractivity contribution < 1.29 is 14.3 Å². The van der Waals surface area contributed by atoms with E-state index in [1.165, 1.54) is 16.7 Å². The summed E-state index contributed by atoms with van der Waals surface area (Å²) in [5.74, 6) is -0.365. The number of hydrogen-bond donors (Lipinski definition) is 1. The van der Waals surface area contributed by atoms with Crippen molar-refractivity contribution in [2.75, 3.05) is 13.2 Å². The van der Waals surface area contributed by atoms with Gasteiger partial charge in [0.15, 0.2) is 0 Å². The maximum Gasteiger partial charge on any atom is 0.308 e. The van der Waals surface area contributed by atoms with Crippen molar-refractivity contribution in [1.82, 2.24) is 5.32 Å². The molecule has 0 saturated heterocycles. The molecule has 4 heteroatoms. The van der Waals surface area contributed by atoms with E-state index in [-0.39, 0.29) is 23.2 Å². The highest BCUT2D eigenvalue weighted by Gasteiger charge is 2.21. The molecule has 0 heterocycles. The van der Waals surface area contributed by atoms with Gasteiger partial charge in [-0.15, -0.1) is 0 Å². The average molecular weight is 428 g/mol. The number of hydrogen-bond acceptors (Lipinski definition) is 3. The van der Waals surface area contributed by atoms with Crippen LogP contribution in [-0.2, 0) is 14.3 Å². The molecule has 0 radical (unpaired) electrons. The van der Waals surface area contributed by atoms with E-state index in [2.05, 4.69) is 60.8 Å². The van der Waals surface area contributed by atoms with Crippen LogP contribution in [0.4, 0.5) is 0 Å². The molecule has 0 aliphatic heterocycles. The first-order chi connectivity index (χ1) is 14.6. The highest BCUT2D eigenvalue weighted by molar-refractivity contribution is 5.81. The van der Waals surface area contributed by atoms with E-state index < -0.39 is 0 Å². The van der Waals surface area contributed by atoms with Gasteiger partial charge in [0.1, 0.15) is 0 Å². The number of aryl methyl sites for hydroxylation is 1. The molecule has 0 bridgehead atoms. The van der Waals surface area contributed by atoms with E-state index >= 15 is 0 Å². The first kappa shape index (κ1) is 28.4. The Hall–Kier alpha value is -2.62. The van der Waals surface area contributed by atoms with Crippen LogP contribution in [0.2, 0.25) is 0 Å². The molecule has 0 aliphatic carbocycles. The van der Waals surface area contributed by atoms with Crippen LogP contribution < -0.4 is 5.32 Å². The zero-order chi connectivity index (χ0) is 23.9. The third-order valence-electron chi connectivity index (χ3n) is 4.39. The number of rotatable bonds is 6. The lowest BCUT2D eigenvalue weighted by Gasteiger charge is -2.18. The van der Waals surface area contributed by atoms with Crippen molar-refractivity contribution in [2.45, 2.75) is 61.8 Å². The molecule has 1 N–H and O–H groups in total. The lowest BCUT2D eigenvalue weighted by molar-refractivity contribution is -0.147. The van der Waals surface area contributed by atoms with Gasteiger partial charge in [0.2, 0.25) is 5.91 Å². The van der Waals surface area contributed by atoms with Gasteiger partial charge in [0.25, 0.3) is 0 Å². The summed E-state index contributed by atoms with van der Waals surface area (Å²) in [6.45, 7) is 16.2. The predicted octanol–water partition coefficient (Wildman–Crippen LogP) is 6.43. The second-order valence-electron chi connectivity index (χ2n) is 8.18. The van der Waals surface area contributed by atoms with Gasteiger partial charge in [-0.25, -0.2) is 0 Å². The highest BCUT2D eigenvalue weighted by atomic mass is 16.5. The van der Waals surface area contributed by atoms with Crippen LogP contribution >= 0.6 is 0 Å². The summed E-state index contributed by atoms with van der Waals surface area (Å²) in [4.78, 5) is 22.8. The van der Waals surface area contributed by atoms with Crippen molar-refractivity contribution in [3.05, 3.63) is 60.2 Å². The molecule has 172 valence electrons. The van der Waals surface area contributed by atoms with Crippen molar-refractivity contribution in [2.24, 2.45) is 11.3 Å². The number of ether oxygens (including phenoxy) is 1. The number of amides is 1. The lowest BCUT2D eigenvalue weighted by atomic mass is 9.95. The molecule has 0 aliphatic rings. The number of carbonyl (C=O) groups excluding carboxylic acids is 2. The minimum atomic E-state index is -0.382. The molecule has 0 saturated carbocycles. The number of nitrogens with one attached hydrogen (secondary N) is 1. The van der Waals surface area contributed by atoms with Crippen molar-refractivity contribution >= 4 is 11.9 Å². The van der Waals surface area contributed by atoms with Crippen LogP contribution in [0.3, 0.4) is 0 Å². The molecule has 0 spiro atoms. The van der Waals surface area contributed by atoms with Crippen LogP contribution in [0.25, 0.3) is 11.1 Å². The number of carbonyl (C=O) groups is 2. The van der Waals surface area contributed by atoms with Gasteiger partial charge in [-0.1, -0.05) is 102 Å². The lowest BCUT2D eigenvalue weighted by Crippen LogP contribution is -2.36. The third-order valence-corrected chi connectivity index (χ3v) is 4.39. The van der Waals surface area contributed by atoms with Crippen LogP contribution in [0.5, 0.6) is 0 Å². The van der Waals surface area contributed by atoms with E-state index in [9.17, 15) is 9.59 Å². The Morgan fingerprint density at radius 3 is 1.94 bits per heavy atom. The first-order valence-electron chi connectivity index (χ1n) is 11.2. The molecule has 0 fully saturated rings. The van der Waals surface area contributed by atoms with Gasteiger partial charge in [0.05, 0.1) is 12.5 Å². The summed E-state index contributed by atoms with van der Waals surface area (Å²) in [5.41, 5.74) is 3.49. The zero-order valence-corrected chi connectivity index (χ0v) is 20.6. The van der Waals surface area contributed by atoms with E-state index in [0.29, 0.717) is 19.6 Å². The normalized spacial score (nSPS) is 11.1. The summed E-state index contributed by atoms with van der Waals surface area (Å²) in [5, 5.41) is 2.80. The standard InChI is InChI=1S/C13H12.C12H23NO3.C2H6/c1-11-7-9-13(10-8-11)12-5-3-2-4-6-12;1-6-16-10(14)9(2)7-8-13-11(15)12(3,4)5;1-2/h2-10H,1H3;9H,6-8H2,1-5H3,(H,13,15);1-2H3/t;9-;/m.1./s1. The Morgan fingerprint density at radius 2 is 1.45 bits per heavy atom. The minimum Gasteiger partial charge on any atom is -0.466 e. The zero-order valence-electron chi connectivity index (χ0n) is 20.6. The molecule has 31 heavy (non-hydrogen) atoms. The summed E-state index contributed by atoms with van der Waals surface area (Å²) < 4.78 is 4.88. The van der Waals surface area contributed by atoms with E-state index in [1.807, 2.05) is 40.7 Å². The summed E-state index contributed by atoms with van der Waals surface area (Å²) in [6.07, 6.45) is 0.612. The van der Waals surface area contributed by atoms with Gasteiger partial charge >= 0.3 is 5.97 Å². The van der Waals surface area contributed by atoms with Gasteiger partial charge in [0, 0.05) is 12.0 Å². The van der Waals surface area contributed by atoms with Crippen LogP contribution in [0.15, 0.2) is 54.6 Å². The number of benzene rings is 2. The fourth-order valence-corrected chi connectivity index (χ4v) is 2.45. The topological polar surface area (TPSA) is 55.4 Å². The van der Waals surface area contributed by atoms with Gasteiger partial charge < -0.3 is 10.1 Å². The van der Waals surface area contributed by atoms with Crippen LogP contribution in [0.1, 0.15) is 60.5 Å². The highest BCUT2D eigenvalue weighted by Crippen LogP contribution is 2.18. The monoisotopic (exact) mass is 427 g/mol. The van der Waals surface area contributed by atoms with E-state index in [1.54, 1.807) is 13.8 Å². The molecule has 2 aromatic carbocycles. The fourth-order valence-electron chi connectivity index (χ4n) is 2.45. The molecule has 1 atom stereocenters. The van der Waals surface area contributed by atoms with Crippen molar-refractivity contribution in [3.8, 4) is 11.1 Å². The summed E-state index contributed by atoms with van der Waals surface area (Å²) >= 11 is 0. The maximum atomic E-state index is 11.5. The Bertz CT molecular complexity index is 746. The third kappa shape index (κ3) is 12.0. The summed E-state index contributed by atoms with van der Waals surface area (Å²) in [6, 6.07) is 19.0. The first-order valence-corrected chi connectivity index (χ1v) is 11.2. The van der Waals surface area contributed by atoms with Gasteiger partial charge in [-0.05, 0) is 31.4 Å². The maximum absolute atomic E-state index is 11.5. The summed E-state index contributed by atoms with van der Waals surface area (Å²) in [7, 11) is 0. The van der Waals surface area contributed by atoms with Crippen LogP contribution in [-0.4, -0.2) is 25.0 Å². The molecule has 2 aromatic rings. The molecule has 2 rings (SSSR count). The molecule has 4 nitrogen and oxygen atoms in total. The minimum absolute atomic E-state index is 0.00330.